The first kappa shape index (κ1) is 22.2. The van der Waals surface area contributed by atoms with Crippen molar-refractivity contribution >= 4 is 10.1 Å². The quantitative estimate of drug-likeness (QED) is 0.328. The minimum absolute atomic E-state index is 0.0240. The number of rotatable bonds is 12. The van der Waals surface area contributed by atoms with Gasteiger partial charge in [-0.25, -0.2) is 0 Å². The molecule has 0 atom stereocenters. The molecule has 0 aliphatic carbocycles. The van der Waals surface area contributed by atoms with Crippen molar-refractivity contribution in [3.05, 3.63) is 48.0 Å². The molecule has 2 N–H and O–H groups in total. The van der Waals surface area contributed by atoms with Crippen LogP contribution in [-0.2, 0) is 16.5 Å². The van der Waals surface area contributed by atoms with Gasteiger partial charge in [-0.2, -0.15) is 8.42 Å². The fourth-order valence-electron chi connectivity index (χ4n) is 3.13. The molecule has 6 heteroatoms. The standard InChI is InChI=1S/C22H30O5S/c1-2-3-4-5-6-7-8-10-13-18-16-20(27-19-14-11-9-12-15-19)22(23)21(17-18)28(24,25)26/h9,11-12,14-17,23H,2-8,10,13H2,1H3,(H,24,25,26). The van der Waals surface area contributed by atoms with Crippen LogP contribution < -0.4 is 4.74 Å². The van der Waals surface area contributed by atoms with Crippen LogP contribution in [0.4, 0.5) is 0 Å². The molecule has 28 heavy (non-hydrogen) atoms. The predicted octanol–water partition coefficient (Wildman–Crippen LogP) is 6.11. The van der Waals surface area contributed by atoms with Gasteiger partial charge in [0.15, 0.2) is 11.5 Å². The van der Waals surface area contributed by atoms with Crippen LogP contribution in [0.25, 0.3) is 0 Å². The van der Waals surface area contributed by atoms with E-state index in [9.17, 15) is 18.1 Å². The Kier molecular flexibility index (Phi) is 8.80. The summed E-state index contributed by atoms with van der Waals surface area (Å²) in [6.45, 7) is 2.20. The number of hydrogen-bond acceptors (Lipinski definition) is 4. The van der Waals surface area contributed by atoms with Crippen LogP contribution in [0.3, 0.4) is 0 Å². The van der Waals surface area contributed by atoms with Crippen LogP contribution in [0, 0.1) is 0 Å². The average Bonchev–Trinajstić information content (AvgIpc) is 2.66. The maximum Gasteiger partial charge on any atom is 0.298 e. The third-order valence-electron chi connectivity index (χ3n) is 4.67. The zero-order chi connectivity index (χ0) is 20.4. The number of unbranched alkanes of at least 4 members (excludes halogenated alkanes) is 7. The van der Waals surface area contributed by atoms with Gasteiger partial charge in [0.05, 0.1) is 0 Å². The molecule has 0 unspecified atom stereocenters. The lowest BCUT2D eigenvalue weighted by Crippen LogP contribution is -2.02. The molecule has 154 valence electrons. The number of ether oxygens (including phenoxy) is 1. The number of phenolic OH excluding ortho intramolecular Hbond substituents is 1. The number of para-hydroxylation sites is 1. The highest BCUT2D eigenvalue weighted by atomic mass is 32.2. The third kappa shape index (κ3) is 7.17. The molecule has 0 aliphatic heterocycles. The van der Waals surface area contributed by atoms with Gasteiger partial charge in [-0.05, 0) is 42.7 Å². The van der Waals surface area contributed by atoms with Gasteiger partial charge in [-0.15, -0.1) is 0 Å². The Morgan fingerprint density at radius 3 is 2.11 bits per heavy atom. The SMILES string of the molecule is CCCCCCCCCCc1cc(Oc2ccccc2)c(O)c(S(=O)(=O)O)c1. The summed E-state index contributed by atoms with van der Waals surface area (Å²) in [6.07, 6.45) is 10.1. The van der Waals surface area contributed by atoms with Crippen molar-refractivity contribution in [3.63, 3.8) is 0 Å². The van der Waals surface area contributed by atoms with Crippen LogP contribution in [0.5, 0.6) is 17.2 Å². The molecule has 0 amide bonds. The number of aryl methyl sites for hydroxylation is 1. The smallest absolute Gasteiger partial charge is 0.298 e. The van der Waals surface area contributed by atoms with Crippen molar-refractivity contribution in [3.8, 4) is 17.2 Å². The molecule has 0 bridgehead atoms. The van der Waals surface area contributed by atoms with E-state index in [2.05, 4.69) is 6.92 Å². The number of aromatic hydroxyl groups is 1. The molecular formula is C22H30O5S. The zero-order valence-corrected chi connectivity index (χ0v) is 17.2. The van der Waals surface area contributed by atoms with E-state index in [-0.39, 0.29) is 5.75 Å². The highest BCUT2D eigenvalue weighted by molar-refractivity contribution is 7.86. The van der Waals surface area contributed by atoms with E-state index < -0.39 is 20.8 Å². The molecule has 0 saturated heterocycles. The van der Waals surface area contributed by atoms with E-state index in [0.29, 0.717) is 17.7 Å². The molecule has 0 saturated carbocycles. The van der Waals surface area contributed by atoms with Gasteiger partial charge in [-0.3, -0.25) is 4.55 Å². The molecule has 5 nitrogen and oxygen atoms in total. The Hall–Kier alpha value is -2.05. The summed E-state index contributed by atoms with van der Waals surface area (Å²) in [5.74, 6) is -0.0785. The second-order valence-corrected chi connectivity index (χ2v) is 8.45. The maximum absolute atomic E-state index is 11.7. The van der Waals surface area contributed by atoms with E-state index in [1.807, 2.05) is 6.07 Å². The van der Waals surface area contributed by atoms with Crippen molar-refractivity contribution in [2.45, 2.75) is 69.6 Å². The van der Waals surface area contributed by atoms with Crippen LogP contribution in [0.1, 0.15) is 63.9 Å². The zero-order valence-electron chi connectivity index (χ0n) is 16.4. The summed E-state index contributed by atoms with van der Waals surface area (Å²) < 4.78 is 38.4. The Labute approximate surface area is 168 Å². The monoisotopic (exact) mass is 406 g/mol. The topological polar surface area (TPSA) is 83.8 Å². The van der Waals surface area contributed by atoms with Crippen LogP contribution in [0.15, 0.2) is 47.4 Å². The normalized spacial score (nSPS) is 11.5. The van der Waals surface area contributed by atoms with Gasteiger partial charge in [0, 0.05) is 0 Å². The van der Waals surface area contributed by atoms with Crippen LogP contribution in [0.2, 0.25) is 0 Å². The Morgan fingerprint density at radius 1 is 0.893 bits per heavy atom. The third-order valence-corrected chi connectivity index (χ3v) is 5.53. The van der Waals surface area contributed by atoms with Gasteiger partial charge in [0.2, 0.25) is 0 Å². The minimum Gasteiger partial charge on any atom is -0.503 e. The molecule has 2 aromatic carbocycles. The molecule has 2 aromatic rings. The number of phenols is 1. The van der Waals surface area contributed by atoms with Crippen molar-refractivity contribution in [1.82, 2.24) is 0 Å². The van der Waals surface area contributed by atoms with Crippen molar-refractivity contribution in [1.29, 1.82) is 0 Å². The lowest BCUT2D eigenvalue weighted by molar-refractivity contribution is 0.395. The molecule has 0 aliphatic rings. The van der Waals surface area contributed by atoms with Crippen molar-refractivity contribution in [2.24, 2.45) is 0 Å². The molecule has 2 rings (SSSR count). The van der Waals surface area contributed by atoms with Gasteiger partial charge in [0.25, 0.3) is 10.1 Å². The van der Waals surface area contributed by atoms with E-state index >= 15 is 0 Å². The fourth-order valence-corrected chi connectivity index (χ4v) is 3.78. The Morgan fingerprint density at radius 2 is 1.50 bits per heavy atom. The average molecular weight is 407 g/mol. The molecule has 0 radical (unpaired) electrons. The van der Waals surface area contributed by atoms with Gasteiger partial charge < -0.3 is 9.84 Å². The summed E-state index contributed by atoms with van der Waals surface area (Å²) >= 11 is 0. The Balaban J connectivity index is 2.04. The second-order valence-electron chi connectivity index (χ2n) is 7.06. The summed E-state index contributed by atoms with van der Waals surface area (Å²) in [4.78, 5) is -0.518. The van der Waals surface area contributed by atoms with Crippen molar-refractivity contribution < 1.29 is 22.8 Å². The summed E-state index contributed by atoms with van der Waals surface area (Å²) in [6, 6.07) is 11.8. The Bertz CT molecular complexity index is 832. The summed E-state index contributed by atoms with van der Waals surface area (Å²) in [5, 5.41) is 10.3. The first-order chi connectivity index (χ1) is 13.4. The first-order valence-corrected chi connectivity index (χ1v) is 11.4. The van der Waals surface area contributed by atoms with Gasteiger partial charge in [-0.1, -0.05) is 70.1 Å². The van der Waals surface area contributed by atoms with E-state index in [1.165, 1.54) is 38.2 Å². The fraction of sp³-hybridized carbons (Fsp3) is 0.455. The number of hydrogen-bond donors (Lipinski definition) is 2. The van der Waals surface area contributed by atoms with Gasteiger partial charge >= 0.3 is 0 Å². The maximum atomic E-state index is 11.7. The van der Waals surface area contributed by atoms with Crippen LogP contribution in [-0.4, -0.2) is 18.1 Å². The minimum atomic E-state index is -4.55. The van der Waals surface area contributed by atoms with Crippen molar-refractivity contribution in [2.75, 3.05) is 0 Å². The number of benzene rings is 2. The molecular weight excluding hydrogens is 376 g/mol. The first-order valence-electron chi connectivity index (χ1n) is 9.98. The highest BCUT2D eigenvalue weighted by Gasteiger charge is 2.21. The molecule has 0 fully saturated rings. The highest BCUT2D eigenvalue weighted by Crippen LogP contribution is 2.37. The van der Waals surface area contributed by atoms with Gasteiger partial charge in [0.1, 0.15) is 10.6 Å². The predicted molar refractivity (Wildman–Crippen MR) is 111 cm³/mol. The summed E-state index contributed by atoms with van der Waals surface area (Å²) in [7, 11) is -4.55. The largest absolute Gasteiger partial charge is 0.503 e. The van der Waals surface area contributed by atoms with E-state index in [4.69, 9.17) is 4.74 Å². The van der Waals surface area contributed by atoms with E-state index in [1.54, 1.807) is 30.3 Å². The van der Waals surface area contributed by atoms with E-state index in [0.717, 1.165) is 19.3 Å². The molecule has 0 heterocycles. The lowest BCUT2D eigenvalue weighted by atomic mass is 10.0. The molecule has 0 spiro atoms. The summed E-state index contributed by atoms with van der Waals surface area (Å²) in [5.41, 5.74) is 0.710. The molecule has 0 aromatic heterocycles. The van der Waals surface area contributed by atoms with Crippen LogP contribution >= 0.6 is 0 Å². The second kappa shape index (κ2) is 11.1. The lowest BCUT2D eigenvalue weighted by Gasteiger charge is -2.13.